The van der Waals surface area contributed by atoms with Crippen LogP contribution in [0.1, 0.15) is 22.8 Å². The highest BCUT2D eigenvalue weighted by molar-refractivity contribution is 5.94. The molecule has 5 nitrogen and oxygen atoms in total. The summed E-state index contributed by atoms with van der Waals surface area (Å²) >= 11 is 0. The van der Waals surface area contributed by atoms with Crippen molar-refractivity contribution in [2.45, 2.75) is 19.4 Å². The van der Waals surface area contributed by atoms with Gasteiger partial charge in [-0.25, -0.2) is 0 Å². The van der Waals surface area contributed by atoms with E-state index in [1.54, 1.807) is 24.3 Å². The Kier molecular flexibility index (Phi) is 6.81. The molecule has 116 valence electrons. The molecule has 1 fully saturated rings. The molecule has 0 aliphatic carbocycles. The largest absolute Gasteiger partial charge is 0.391 e. The molecule has 2 atom stereocenters. The molecule has 1 aromatic carbocycles. The van der Waals surface area contributed by atoms with Crippen molar-refractivity contribution < 1.29 is 14.7 Å². The maximum absolute atomic E-state index is 11.8. The molecule has 2 rings (SSSR count). The third-order valence-corrected chi connectivity index (χ3v) is 3.59. The van der Waals surface area contributed by atoms with Crippen LogP contribution >= 0.6 is 12.4 Å². The summed E-state index contributed by atoms with van der Waals surface area (Å²) in [6.07, 6.45) is -0.0980. The fraction of sp³-hybridized carbons (Fsp3) is 0.467. The quantitative estimate of drug-likeness (QED) is 0.694. The Hall–Kier alpha value is -1.43. The number of carbonyl (C=O) groups excluding carboxylic acids is 2. The first-order valence-electron chi connectivity index (χ1n) is 6.81. The summed E-state index contributed by atoms with van der Waals surface area (Å²) in [5.41, 5.74) is 1.52. The molecule has 0 aromatic heterocycles. The molecule has 1 aliphatic heterocycles. The summed E-state index contributed by atoms with van der Waals surface area (Å²) in [5, 5.41) is 15.5. The third-order valence-electron chi connectivity index (χ3n) is 3.59. The van der Waals surface area contributed by atoms with E-state index in [1.807, 2.05) is 0 Å². The number of benzene rings is 1. The van der Waals surface area contributed by atoms with Crippen molar-refractivity contribution >= 4 is 24.1 Å². The van der Waals surface area contributed by atoms with Crippen molar-refractivity contribution in [3.05, 3.63) is 35.4 Å². The van der Waals surface area contributed by atoms with Crippen LogP contribution in [0.3, 0.4) is 0 Å². The van der Waals surface area contributed by atoms with Crippen molar-refractivity contribution in [1.82, 2.24) is 10.6 Å². The second-order valence-electron chi connectivity index (χ2n) is 5.22. The highest BCUT2D eigenvalue weighted by Crippen LogP contribution is 2.08. The van der Waals surface area contributed by atoms with Crippen LogP contribution in [0.2, 0.25) is 0 Å². The molecule has 1 heterocycles. The first-order valence-corrected chi connectivity index (χ1v) is 6.81. The Morgan fingerprint density at radius 2 is 1.95 bits per heavy atom. The van der Waals surface area contributed by atoms with Gasteiger partial charge in [0.2, 0.25) is 5.91 Å². The van der Waals surface area contributed by atoms with Gasteiger partial charge in [0.15, 0.2) is 5.78 Å². The van der Waals surface area contributed by atoms with E-state index in [0.29, 0.717) is 18.7 Å². The van der Waals surface area contributed by atoms with Gasteiger partial charge in [0.05, 0.1) is 12.5 Å². The van der Waals surface area contributed by atoms with E-state index in [4.69, 9.17) is 0 Å². The lowest BCUT2D eigenvalue weighted by Gasteiger charge is -2.14. The van der Waals surface area contributed by atoms with Crippen LogP contribution in [-0.2, 0) is 11.2 Å². The van der Waals surface area contributed by atoms with Crippen LogP contribution in [0.25, 0.3) is 0 Å². The topological polar surface area (TPSA) is 78.4 Å². The molecule has 1 amide bonds. The number of halogens is 1. The number of hydrogen-bond acceptors (Lipinski definition) is 4. The zero-order chi connectivity index (χ0) is 14.5. The lowest BCUT2D eigenvalue weighted by atomic mass is 10.1. The first-order chi connectivity index (χ1) is 9.56. The Labute approximate surface area is 130 Å². The number of ketones is 1. The van der Waals surface area contributed by atoms with Crippen LogP contribution in [0, 0.1) is 5.92 Å². The van der Waals surface area contributed by atoms with E-state index in [1.165, 1.54) is 6.92 Å². The number of amides is 1. The van der Waals surface area contributed by atoms with Gasteiger partial charge in [-0.3, -0.25) is 9.59 Å². The number of Topliss-reactive ketones (excluding diaryl/α,β-unsaturated/α-hetero) is 1. The fourth-order valence-corrected chi connectivity index (χ4v) is 2.28. The van der Waals surface area contributed by atoms with Crippen LogP contribution in [-0.4, -0.2) is 42.5 Å². The zero-order valence-corrected chi connectivity index (χ0v) is 12.8. The van der Waals surface area contributed by atoms with Gasteiger partial charge in [-0.2, -0.15) is 0 Å². The summed E-state index contributed by atoms with van der Waals surface area (Å²) in [7, 11) is 0. The Bertz CT molecular complexity index is 490. The van der Waals surface area contributed by atoms with Gasteiger partial charge in [0.25, 0.3) is 0 Å². The molecule has 21 heavy (non-hydrogen) atoms. The minimum atomic E-state index is -0.384. The maximum Gasteiger partial charge on any atom is 0.224 e. The van der Waals surface area contributed by atoms with Gasteiger partial charge in [-0.15, -0.1) is 12.4 Å². The van der Waals surface area contributed by atoms with Crippen molar-refractivity contribution in [2.24, 2.45) is 5.92 Å². The highest BCUT2D eigenvalue weighted by atomic mass is 35.5. The van der Waals surface area contributed by atoms with Crippen molar-refractivity contribution in [3.63, 3.8) is 0 Å². The Balaban J connectivity index is 0.00000220. The van der Waals surface area contributed by atoms with Gasteiger partial charge in [-0.05, 0) is 12.5 Å². The minimum absolute atomic E-state index is 0. The number of carbonyl (C=O) groups is 2. The Morgan fingerprint density at radius 1 is 1.29 bits per heavy atom. The minimum Gasteiger partial charge on any atom is -0.391 e. The second kappa shape index (κ2) is 8.12. The van der Waals surface area contributed by atoms with Gasteiger partial charge in [-0.1, -0.05) is 24.3 Å². The predicted molar refractivity (Wildman–Crippen MR) is 82.8 cm³/mol. The normalized spacial score (nSPS) is 20.7. The predicted octanol–water partition coefficient (Wildman–Crippen LogP) is 0.550. The Morgan fingerprint density at radius 3 is 2.48 bits per heavy atom. The molecule has 1 aliphatic rings. The average Bonchev–Trinajstić information content (AvgIpc) is 2.82. The standard InChI is InChI=1S/C15H20N2O3.ClH/c1-10(18)12-4-2-11(3-5-12)6-15(20)17-8-13-7-16-9-14(13)19;/h2-5,13-14,16,19H,6-9H2,1H3,(H,17,20);1H. The van der Waals surface area contributed by atoms with Gasteiger partial charge < -0.3 is 15.7 Å². The third kappa shape index (κ3) is 5.12. The van der Waals surface area contributed by atoms with E-state index in [-0.39, 0.29) is 42.5 Å². The van der Waals surface area contributed by atoms with Crippen LogP contribution in [0.5, 0.6) is 0 Å². The molecular formula is C15H21ClN2O3. The summed E-state index contributed by atoms with van der Waals surface area (Å²) in [4.78, 5) is 23.0. The van der Waals surface area contributed by atoms with Crippen LogP contribution in [0.4, 0.5) is 0 Å². The van der Waals surface area contributed by atoms with Crippen LogP contribution < -0.4 is 10.6 Å². The van der Waals surface area contributed by atoms with Crippen LogP contribution in [0.15, 0.2) is 24.3 Å². The monoisotopic (exact) mass is 312 g/mol. The first kappa shape index (κ1) is 17.6. The van der Waals surface area contributed by atoms with E-state index >= 15 is 0 Å². The number of β-amino-alcohol motifs (C(OH)–C–C–N with tert-alkyl or cyclic N) is 1. The van der Waals surface area contributed by atoms with Gasteiger partial charge in [0, 0.05) is 31.1 Å². The highest BCUT2D eigenvalue weighted by Gasteiger charge is 2.24. The molecule has 0 radical (unpaired) electrons. The number of rotatable bonds is 5. The smallest absolute Gasteiger partial charge is 0.224 e. The second-order valence-corrected chi connectivity index (χ2v) is 5.22. The summed E-state index contributed by atoms with van der Waals surface area (Å²) in [6.45, 7) is 3.32. The van der Waals surface area contributed by atoms with E-state index in [9.17, 15) is 14.7 Å². The zero-order valence-electron chi connectivity index (χ0n) is 12.0. The molecular weight excluding hydrogens is 292 g/mol. The van der Waals surface area contributed by atoms with Gasteiger partial charge in [0.1, 0.15) is 0 Å². The van der Waals surface area contributed by atoms with Gasteiger partial charge >= 0.3 is 0 Å². The lowest BCUT2D eigenvalue weighted by molar-refractivity contribution is -0.120. The molecule has 0 spiro atoms. The summed E-state index contributed by atoms with van der Waals surface area (Å²) in [5.74, 6) is 0.0300. The average molecular weight is 313 g/mol. The van der Waals surface area contributed by atoms with Crippen molar-refractivity contribution in [1.29, 1.82) is 0 Å². The number of aliphatic hydroxyl groups is 1. The number of aliphatic hydroxyl groups excluding tert-OH is 1. The molecule has 1 saturated heterocycles. The molecule has 0 saturated carbocycles. The fourth-order valence-electron chi connectivity index (χ4n) is 2.28. The van der Waals surface area contributed by atoms with E-state index in [0.717, 1.165) is 12.1 Å². The SMILES string of the molecule is CC(=O)c1ccc(CC(=O)NCC2CNCC2O)cc1.Cl. The molecule has 2 unspecified atom stereocenters. The summed E-state index contributed by atoms with van der Waals surface area (Å²) in [6, 6.07) is 7.05. The number of nitrogens with one attached hydrogen (secondary N) is 2. The van der Waals surface area contributed by atoms with Crippen molar-refractivity contribution in [2.75, 3.05) is 19.6 Å². The number of hydrogen-bond donors (Lipinski definition) is 3. The summed E-state index contributed by atoms with van der Waals surface area (Å²) < 4.78 is 0. The lowest BCUT2D eigenvalue weighted by Crippen LogP contribution is -2.35. The molecule has 1 aromatic rings. The molecule has 6 heteroatoms. The van der Waals surface area contributed by atoms with E-state index in [2.05, 4.69) is 10.6 Å². The molecule has 3 N–H and O–H groups in total. The molecule has 0 bridgehead atoms. The van der Waals surface area contributed by atoms with E-state index < -0.39 is 0 Å². The van der Waals surface area contributed by atoms with Crippen molar-refractivity contribution in [3.8, 4) is 0 Å². The maximum atomic E-state index is 11.8.